The number of piperazine rings is 1. The van der Waals surface area contributed by atoms with E-state index in [4.69, 9.17) is 4.74 Å². The highest BCUT2D eigenvalue weighted by Gasteiger charge is 2.29. The third kappa shape index (κ3) is 3.52. The van der Waals surface area contributed by atoms with Crippen molar-refractivity contribution in [3.8, 4) is 5.75 Å². The number of nitrogens with zero attached hydrogens (tertiary/aromatic N) is 2. The zero-order valence-electron chi connectivity index (χ0n) is 13.4. The third-order valence-corrected chi connectivity index (χ3v) is 6.91. The van der Waals surface area contributed by atoms with Crippen molar-refractivity contribution in [1.29, 1.82) is 0 Å². The summed E-state index contributed by atoms with van der Waals surface area (Å²) in [5.41, 5.74) is 1.13. The Bertz CT molecular complexity index is 804. The molecule has 1 saturated heterocycles. The van der Waals surface area contributed by atoms with Crippen LogP contribution in [0, 0.1) is 3.57 Å². The van der Waals surface area contributed by atoms with Crippen LogP contribution in [-0.4, -0.2) is 46.0 Å². The Hall–Kier alpha value is -1.32. The number of hydrogen-bond donors (Lipinski definition) is 0. The van der Waals surface area contributed by atoms with Crippen LogP contribution >= 0.6 is 22.6 Å². The molecule has 2 aromatic rings. The molecule has 1 heterocycles. The molecule has 0 aliphatic carbocycles. The molecule has 0 amide bonds. The van der Waals surface area contributed by atoms with Gasteiger partial charge in [0.1, 0.15) is 5.75 Å². The van der Waals surface area contributed by atoms with Crippen LogP contribution in [0.1, 0.15) is 0 Å². The van der Waals surface area contributed by atoms with Gasteiger partial charge >= 0.3 is 0 Å². The molecular weight excluding hydrogens is 439 g/mol. The van der Waals surface area contributed by atoms with Crippen molar-refractivity contribution in [3.63, 3.8) is 0 Å². The largest absolute Gasteiger partial charge is 0.496 e. The van der Waals surface area contributed by atoms with Crippen molar-refractivity contribution in [3.05, 3.63) is 52.1 Å². The van der Waals surface area contributed by atoms with E-state index in [0.29, 0.717) is 31.9 Å². The van der Waals surface area contributed by atoms with Gasteiger partial charge in [0.15, 0.2) is 0 Å². The second-order valence-corrected chi connectivity index (χ2v) is 8.62. The van der Waals surface area contributed by atoms with E-state index in [1.807, 2.05) is 30.3 Å². The average Bonchev–Trinajstić information content (AvgIpc) is 2.63. The Morgan fingerprint density at radius 3 is 2.29 bits per heavy atom. The number of para-hydroxylation sites is 1. The lowest BCUT2D eigenvalue weighted by Crippen LogP contribution is -2.48. The first-order valence-corrected chi connectivity index (χ1v) is 10.2. The Kier molecular flexibility index (Phi) is 5.31. The molecular formula is C17H19IN2O3S. The molecule has 1 aliphatic heterocycles. The Labute approximate surface area is 156 Å². The summed E-state index contributed by atoms with van der Waals surface area (Å²) in [5.74, 6) is 0.583. The molecule has 24 heavy (non-hydrogen) atoms. The number of hydrogen-bond acceptors (Lipinski definition) is 4. The van der Waals surface area contributed by atoms with E-state index < -0.39 is 10.0 Å². The van der Waals surface area contributed by atoms with Crippen molar-refractivity contribution in [2.75, 3.05) is 38.2 Å². The highest BCUT2D eigenvalue weighted by molar-refractivity contribution is 14.1. The van der Waals surface area contributed by atoms with Crippen LogP contribution in [0.2, 0.25) is 0 Å². The predicted molar refractivity (Wildman–Crippen MR) is 103 cm³/mol. The van der Waals surface area contributed by atoms with E-state index in [1.165, 1.54) is 0 Å². The highest BCUT2D eigenvalue weighted by atomic mass is 127. The van der Waals surface area contributed by atoms with Crippen LogP contribution in [0.5, 0.6) is 5.75 Å². The minimum Gasteiger partial charge on any atom is -0.496 e. The van der Waals surface area contributed by atoms with Crippen molar-refractivity contribution in [2.45, 2.75) is 4.90 Å². The standard InChI is InChI=1S/C17H19IN2O3S/c1-23-17-13-15(7-8-16(17)18)24(21,22)20-11-9-19(10-12-20)14-5-3-2-4-6-14/h2-8,13H,9-12H2,1H3. The molecule has 0 atom stereocenters. The number of benzene rings is 2. The zero-order valence-corrected chi connectivity index (χ0v) is 16.3. The Morgan fingerprint density at radius 2 is 1.67 bits per heavy atom. The van der Waals surface area contributed by atoms with E-state index in [0.717, 1.165) is 9.26 Å². The number of ether oxygens (including phenoxy) is 1. The minimum atomic E-state index is -3.49. The SMILES string of the molecule is COc1cc(S(=O)(=O)N2CCN(c3ccccc3)CC2)ccc1I. The van der Waals surface area contributed by atoms with E-state index in [-0.39, 0.29) is 4.90 Å². The second-order valence-electron chi connectivity index (χ2n) is 5.52. The van der Waals surface area contributed by atoms with E-state index in [2.05, 4.69) is 27.5 Å². The predicted octanol–water partition coefficient (Wildman–Crippen LogP) is 2.81. The van der Waals surface area contributed by atoms with Crippen LogP contribution < -0.4 is 9.64 Å². The summed E-state index contributed by atoms with van der Waals surface area (Å²) in [5, 5.41) is 0. The van der Waals surface area contributed by atoms with Gasteiger partial charge in [-0.05, 0) is 46.9 Å². The monoisotopic (exact) mass is 458 g/mol. The Balaban J connectivity index is 1.75. The molecule has 128 valence electrons. The summed E-state index contributed by atoms with van der Waals surface area (Å²) in [6.07, 6.45) is 0. The van der Waals surface area contributed by atoms with Crippen molar-refractivity contribution in [1.82, 2.24) is 4.31 Å². The van der Waals surface area contributed by atoms with Crippen LogP contribution in [-0.2, 0) is 10.0 Å². The smallest absolute Gasteiger partial charge is 0.243 e. The molecule has 3 rings (SSSR count). The highest BCUT2D eigenvalue weighted by Crippen LogP contribution is 2.27. The normalized spacial score (nSPS) is 16.2. The molecule has 5 nitrogen and oxygen atoms in total. The first-order chi connectivity index (χ1) is 11.5. The number of sulfonamides is 1. The van der Waals surface area contributed by atoms with Crippen molar-refractivity contribution < 1.29 is 13.2 Å². The number of rotatable bonds is 4. The molecule has 0 unspecified atom stereocenters. The topological polar surface area (TPSA) is 49.9 Å². The van der Waals surface area contributed by atoms with Gasteiger partial charge in [-0.15, -0.1) is 0 Å². The summed E-state index contributed by atoms with van der Waals surface area (Å²) in [6.45, 7) is 2.33. The maximum atomic E-state index is 12.9. The lowest BCUT2D eigenvalue weighted by atomic mass is 10.2. The zero-order chi connectivity index (χ0) is 17.2. The van der Waals surface area contributed by atoms with Gasteiger partial charge < -0.3 is 9.64 Å². The molecule has 0 radical (unpaired) electrons. The van der Waals surface area contributed by atoms with Crippen LogP contribution in [0.3, 0.4) is 0 Å². The second kappa shape index (κ2) is 7.28. The fourth-order valence-corrected chi connectivity index (χ4v) is 4.77. The van der Waals surface area contributed by atoms with Gasteiger partial charge in [0.25, 0.3) is 0 Å². The van der Waals surface area contributed by atoms with Gasteiger partial charge in [0.2, 0.25) is 10.0 Å². The van der Waals surface area contributed by atoms with Gasteiger partial charge in [0.05, 0.1) is 15.6 Å². The van der Waals surface area contributed by atoms with Gasteiger partial charge in [0, 0.05) is 37.9 Å². The van der Waals surface area contributed by atoms with E-state index in [9.17, 15) is 8.42 Å². The van der Waals surface area contributed by atoms with Crippen LogP contribution in [0.4, 0.5) is 5.69 Å². The van der Waals surface area contributed by atoms with Crippen LogP contribution in [0.25, 0.3) is 0 Å². The molecule has 0 aromatic heterocycles. The van der Waals surface area contributed by atoms with E-state index >= 15 is 0 Å². The van der Waals surface area contributed by atoms with E-state index in [1.54, 1.807) is 29.6 Å². The quantitative estimate of drug-likeness (QED) is 0.662. The molecule has 2 aromatic carbocycles. The van der Waals surface area contributed by atoms with Crippen molar-refractivity contribution >= 4 is 38.3 Å². The van der Waals surface area contributed by atoms with Crippen molar-refractivity contribution in [2.24, 2.45) is 0 Å². The van der Waals surface area contributed by atoms with Gasteiger partial charge in [-0.25, -0.2) is 8.42 Å². The first-order valence-electron chi connectivity index (χ1n) is 7.66. The molecule has 0 saturated carbocycles. The number of methoxy groups -OCH3 is 1. The summed E-state index contributed by atoms with van der Waals surface area (Å²) in [4.78, 5) is 2.49. The third-order valence-electron chi connectivity index (χ3n) is 4.12. The summed E-state index contributed by atoms with van der Waals surface area (Å²) < 4.78 is 33.4. The maximum Gasteiger partial charge on any atom is 0.243 e. The number of anilines is 1. The fourth-order valence-electron chi connectivity index (χ4n) is 2.78. The lowest BCUT2D eigenvalue weighted by molar-refractivity contribution is 0.383. The lowest BCUT2D eigenvalue weighted by Gasteiger charge is -2.35. The fraction of sp³-hybridized carbons (Fsp3) is 0.294. The minimum absolute atomic E-state index is 0.285. The molecule has 0 spiro atoms. The first kappa shape index (κ1) is 17.5. The van der Waals surface area contributed by atoms with Gasteiger partial charge in [-0.1, -0.05) is 18.2 Å². The maximum absolute atomic E-state index is 12.9. The number of halogens is 1. The molecule has 0 bridgehead atoms. The molecule has 1 aliphatic rings. The molecule has 7 heteroatoms. The van der Waals surface area contributed by atoms with Gasteiger partial charge in [-0.2, -0.15) is 4.31 Å². The summed E-state index contributed by atoms with van der Waals surface area (Å²) in [6, 6.07) is 15.1. The molecule has 0 N–H and O–H groups in total. The molecule has 1 fully saturated rings. The van der Waals surface area contributed by atoms with Gasteiger partial charge in [-0.3, -0.25) is 0 Å². The summed E-state index contributed by atoms with van der Waals surface area (Å²) in [7, 11) is -1.95. The average molecular weight is 458 g/mol. The van der Waals surface area contributed by atoms with Crippen LogP contribution in [0.15, 0.2) is 53.4 Å². The Morgan fingerprint density at radius 1 is 1.00 bits per heavy atom. The summed E-state index contributed by atoms with van der Waals surface area (Å²) >= 11 is 2.13.